The minimum Gasteiger partial charge on any atom is -0.378 e. The number of methoxy groups -OCH3 is 1. The molecule has 5 nitrogen and oxygen atoms in total. The molecule has 0 aliphatic heterocycles. The number of alkyl halides is 3. The maximum atomic E-state index is 12.8. The largest absolute Gasteiger partial charge is 0.416 e. The maximum absolute atomic E-state index is 12.8. The van der Waals surface area contributed by atoms with E-state index in [2.05, 4.69) is 20.3 Å². The van der Waals surface area contributed by atoms with Crippen molar-refractivity contribution in [3.8, 4) is 10.6 Å². The van der Waals surface area contributed by atoms with Gasteiger partial charge in [-0.2, -0.15) is 13.2 Å². The van der Waals surface area contributed by atoms with Gasteiger partial charge in [-0.3, -0.25) is 0 Å². The average molecular weight is 380 g/mol. The number of nitrogens with one attached hydrogen (secondary N) is 1. The first-order valence-corrected chi connectivity index (χ1v) is 8.41. The minimum atomic E-state index is -4.40. The molecule has 1 aromatic carbocycles. The van der Waals surface area contributed by atoms with Crippen LogP contribution in [0.4, 0.5) is 24.8 Å². The lowest BCUT2D eigenvalue weighted by Gasteiger charge is -2.10. The fraction of sp³-hybridized carbons (Fsp3) is 0.235. The molecule has 0 saturated heterocycles. The molecule has 0 aliphatic carbocycles. The molecule has 0 amide bonds. The maximum Gasteiger partial charge on any atom is 0.416 e. The Kier molecular flexibility index (Phi) is 5.19. The quantitative estimate of drug-likeness (QED) is 0.688. The summed E-state index contributed by atoms with van der Waals surface area (Å²) in [6, 6.07) is 6.62. The van der Waals surface area contributed by atoms with Crippen LogP contribution >= 0.6 is 11.3 Å². The molecule has 0 radical (unpaired) electrons. The van der Waals surface area contributed by atoms with E-state index < -0.39 is 11.7 Å². The summed E-state index contributed by atoms with van der Waals surface area (Å²) < 4.78 is 43.6. The van der Waals surface area contributed by atoms with E-state index in [0.717, 1.165) is 27.7 Å². The van der Waals surface area contributed by atoms with Crippen LogP contribution in [0.3, 0.4) is 0 Å². The zero-order chi connectivity index (χ0) is 18.7. The first kappa shape index (κ1) is 18.3. The van der Waals surface area contributed by atoms with E-state index in [0.29, 0.717) is 12.3 Å². The third kappa shape index (κ3) is 4.17. The lowest BCUT2D eigenvalue weighted by atomic mass is 10.2. The van der Waals surface area contributed by atoms with Crippen molar-refractivity contribution in [2.45, 2.75) is 19.7 Å². The van der Waals surface area contributed by atoms with Gasteiger partial charge in [-0.25, -0.2) is 15.0 Å². The van der Waals surface area contributed by atoms with E-state index in [1.165, 1.54) is 23.5 Å². The van der Waals surface area contributed by atoms with Crippen LogP contribution in [0.15, 0.2) is 36.5 Å². The Bertz CT molecular complexity index is 911. The Morgan fingerprint density at radius 3 is 2.73 bits per heavy atom. The van der Waals surface area contributed by atoms with Gasteiger partial charge in [-0.05, 0) is 31.2 Å². The number of benzene rings is 1. The van der Waals surface area contributed by atoms with Gasteiger partial charge >= 0.3 is 6.18 Å². The average Bonchev–Trinajstić information content (AvgIpc) is 2.95. The first-order chi connectivity index (χ1) is 12.4. The highest BCUT2D eigenvalue weighted by Crippen LogP contribution is 2.32. The van der Waals surface area contributed by atoms with Crippen molar-refractivity contribution in [1.82, 2.24) is 15.0 Å². The number of aryl methyl sites for hydroxylation is 1. The Hall–Kier alpha value is -2.52. The van der Waals surface area contributed by atoms with Crippen molar-refractivity contribution >= 4 is 23.0 Å². The van der Waals surface area contributed by atoms with Gasteiger partial charge in [0, 0.05) is 19.0 Å². The van der Waals surface area contributed by atoms with E-state index in [1.807, 2.05) is 6.92 Å². The number of hydrogen-bond acceptors (Lipinski definition) is 6. The summed E-state index contributed by atoms with van der Waals surface area (Å²) in [6.07, 6.45) is -2.86. The van der Waals surface area contributed by atoms with Crippen molar-refractivity contribution in [2.75, 3.05) is 12.4 Å². The molecule has 3 aromatic rings. The molecule has 0 aliphatic rings. The minimum absolute atomic E-state index is 0.211. The highest BCUT2D eigenvalue weighted by Gasteiger charge is 2.30. The standard InChI is InChI=1S/C17H15F3N4OS/c1-10-15(26-14(22-10)9-25-2)13-6-7-21-16(24-13)23-12-5-3-4-11(8-12)17(18,19)20/h3-8H,9H2,1-2H3,(H,21,23,24). The summed E-state index contributed by atoms with van der Waals surface area (Å²) in [5, 5.41) is 3.64. The predicted octanol–water partition coefficient (Wildman–Crippen LogP) is 4.82. The molecule has 3 rings (SSSR count). The van der Waals surface area contributed by atoms with Gasteiger partial charge in [-0.1, -0.05) is 6.07 Å². The van der Waals surface area contributed by atoms with E-state index in [1.54, 1.807) is 19.4 Å². The molecular weight excluding hydrogens is 365 g/mol. The number of hydrogen-bond donors (Lipinski definition) is 1. The second kappa shape index (κ2) is 7.38. The molecule has 2 heterocycles. The SMILES string of the molecule is COCc1nc(C)c(-c2ccnc(Nc3cccc(C(F)(F)F)c3)n2)s1. The molecule has 0 bridgehead atoms. The molecule has 26 heavy (non-hydrogen) atoms. The van der Waals surface area contributed by atoms with Gasteiger partial charge in [0.2, 0.25) is 5.95 Å². The van der Waals surface area contributed by atoms with Crippen LogP contribution in [0.1, 0.15) is 16.3 Å². The number of ether oxygens (including phenoxy) is 1. The topological polar surface area (TPSA) is 59.9 Å². The van der Waals surface area contributed by atoms with E-state index >= 15 is 0 Å². The van der Waals surface area contributed by atoms with Crippen molar-refractivity contribution in [3.63, 3.8) is 0 Å². The number of rotatable bonds is 5. The van der Waals surface area contributed by atoms with Gasteiger partial charge in [0.1, 0.15) is 5.01 Å². The molecule has 0 saturated carbocycles. The molecule has 0 spiro atoms. The third-order valence-electron chi connectivity index (χ3n) is 3.44. The summed E-state index contributed by atoms with van der Waals surface area (Å²) in [6.45, 7) is 2.28. The fourth-order valence-electron chi connectivity index (χ4n) is 2.32. The molecule has 0 unspecified atom stereocenters. The molecular formula is C17H15F3N4OS. The van der Waals surface area contributed by atoms with Crippen molar-refractivity contribution in [1.29, 1.82) is 0 Å². The molecule has 0 atom stereocenters. The van der Waals surface area contributed by atoms with Crippen LogP contribution in [-0.2, 0) is 17.5 Å². The lowest BCUT2D eigenvalue weighted by Crippen LogP contribution is -2.05. The smallest absolute Gasteiger partial charge is 0.378 e. The van der Waals surface area contributed by atoms with Crippen molar-refractivity contribution < 1.29 is 17.9 Å². The monoisotopic (exact) mass is 380 g/mol. The van der Waals surface area contributed by atoms with Crippen LogP contribution in [-0.4, -0.2) is 22.1 Å². The highest BCUT2D eigenvalue weighted by molar-refractivity contribution is 7.15. The van der Waals surface area contributed by atoms with Gasteiger partial charge < -0.3 is 10.1 Å². The first-order valence-electron chi connectivity index (χ1n) is 7.60. The van der Waals surface area contributed by atoms with Crippen LogP contribution in [0.5, 0.6) is 0 Å². The van der Waals surface area contributed by atoms with E-state index in [9.17, 15) is 13.2 Å². The van der Waals surface area contributed by atoms with Gasteiger partial charge in [-0.15, -0.1) is 11.3 Å². The number of nitrogens with zero attached hydrogens (tertiary/aromatic N) is 3. The van der Waals surface area contributed by atoms with Gasteiger partial charge in [0.25, 0.3) is 0 Å². The normalized spacial score (nSPS) is 11.6. The van der Waals surface area contributed by atoms with E-state index in [4.69, 9.17) is 4.74 Å². The van der Waals surface area contributed by atoms with Crippen LogP contribution in [0.25, 0.3) is 10.6 Å². The summed E-state index contributed by atoms with van der Waals surface area (Å²) in [7, 11) is 1.60. The Balaban J connectivity index is 1.86. The second-order valence-corrected chi connectivity index (χ2v) is 6.51. The van der Waals surface area contributed by atoms with Crippen LogP contribution in [0.2, 0.25) is 0 Å². The van der Waals surface area contributed by atoms with Crippen LogP contribution < -0.4 is 5.32 Å². The van der Waals surface area contributed by atoms with Gasteiger partial charge in [0.05, 0.1) is 28.4 Å². The Morgan fingerprint density at radius 2 is 2.00 bits per heavy atom. The van der Waals surface area contributed by atoms with Gasteiger partial charge in [0.15, 0.2) is 0 Å². The summed E-state index contributed by atoms with van der Waals surface area (Å²) >= 11 is 1.46. The molecule has 0 fully saturated rings. The van der Waals surface area contributed by atoms with Crippen LogP contribution in [0, 0.1) is 6.92 Å². The molecule has 2 aromatic heterocycles. The Morgan fingerprint density at radius 1 is 1.19 bits per heavy atom. The Labute approximate surface area is 151 Å². The van der Waals surface area contributed by atoms with Crippen molar-refractivity contribution in [3.05, 3.63) is 52.8 Å². The number of halogens is 3. The number of aromatic nitrogens is 3. The van der Waals surface area contributed by atoms with Crippen molar-refractivity contribution in [2.24, 2.45) is 0 Å². The highest BCUT2D eigenvalue weighted by atomic mass is 32.1. The summed E-state index contributed by atoms with van der Waals surface area (Å²) in [5.41, 5.74) is 0.983. The summed E-state index contributed by atoms with van der Waals surface area (Å²) in [4.78, 5) is 13.8. The summed E-state index contributed by atoms with van der Waals surface area (Å²) in [5.74, 6) is 0.211. The number of thiazole rings is 1. The second-order valence-electron chi connectivity index (χ2n) is 5.42. The molecule has 1 N–H and O–H groups in total. The lowest BCUT2D eigenvalue weighted by molar-refractivity contribution is -0.137. The van der Waals surface area contributed by atoms with E-state index in [-0.39, 0.29) is 11.6 Å². The molecule has 9 heteroatoms. The number of anilines is 2. The fourth-order valence-corrected chi connectivity index (χ4v) is 3.33. The third-order valence-corrected chi connectivity index (χ3v) is 4.60. The predicted molar refractivity (Wildman–Crippen MR) is 93.3 cm³/mol. The zero-order valence-corrected chi connectivity index (χ0v) is 14.8. The molecule has 136 valence electrons. The zero-order valence-electron chi connectivity index (χ0n) is 14.0.